The number of benzene rings is 1. The number of hydrogen-bond acceptors (Lipinski definition) is 3. The van der Waals surface area contributed by atoms with Gasteiger partial charge in [-0.3, -0.25) is 9.80 Å². The fourth-order valence-electron chi connectivity index (χ4n) is 4.08. The molecule has 2 saturated heterocycles. The molecule has 2 fully saturated rings. The van der Waals surface area contributed by atoms with Gasteiger partial charge in [0.25, 0.3) is 0 Å². The lowest BCUT2D eigenvalue weighted by Crippen LogP contribution is -2.58. The van der Waals surface area contributed by atoms with Crippen molar-refractivity contribution in [2.75, 3.05) is 19.6 Å². The van der Waals surface area contributed by atoms with Gasteiger partial charge in [0, 0.05) is 35.7 Å². The molecule has 3 rings (SSSR count). The SMILES string of the molecule is CC(N)C(c1ccccc1Br)N1CC2CCCN2CC1C. The summed E-state index contributed by atoms with van der Waals surface area (Å²) in [6.07, 6.45) is 2.69. The lowest BCUT2D eigenvalue weighted by molar-refractivity contribution is 0.0204. The van der Waals surface area contributed by atoms with Gasteiger partial charge in [-0.2, -0.15) is 0 Å². The van der Waals surface area contributed by atoms with E-state index in [1.165, 1.54) is 36.0 Å². The fraction of sp³-hybridized carbons (Fsp3) is 0.647. The van der Waals surface area contributed by atoms with Crippen molar-refractivity contribution >= 4 is 15.9 Å². The second kappa shape index (κ2) is 6.37. The van der Waals surface area contributed by atoms with Crippen LogP contribution in [0.25, 0.3) is 0 Å². The van der Waals surface area contributed by atoms with E-state index in [9.17, 15) is 0 Å². The highest BCUT2D eigenvalue weighted by Gasteiger charge is 2.39. The molecule has 0 bridgehead atoms. The number of fused-ring (bicyclic) bond motifs is 1. The van der Waals surface area contributed by atoms with Crippen molar-refractivity contribution in [3.8, 4) is 0 Å². The Hall–Kier alpha value is -0.420. The minimum atomic E-state index is 0.124. The summed E-state index contributed by atoms with van der Waals surface area (Å²) in [6.45, 7) is 8.09. The molecule has 1 aromatic rings. The molecule has 0 radical (unpaired) electrons. The number of piperazine rings is 1. The van der Waals surface area contributed by atoms with Gasteiger partial charge in [-0.1, -0.05) is 34.1 Å². The summed E-state index contributed by atoms with van der Waals surface area (Å²) < 4.78 is 1.17. The van der Waals surface area contributed by atoms with Crippen molar-refractivity contribution in [3.05, 3.63) is 34.3 Å². The van der Waals surface area contributed by atoms with Crippen LogP contribution in [-0.2, 0) is 0 Å². The first kappa shape index (κ1) is 15.5. The molecular weight excluding hydrogens is 326 g/mol. The van der Waals surface area contributed by atoms with Crippen LogP contribution in [0.1, 0.15) is 38.3 Å². The average Bonchev–Trinajstić information content (AvgIpc) is 2.88. The van der Waals surface area contributed by atoms with Crippen LogP contribution in [0, 0.1) is 0 Å². The van der Waals surface area contributed by atoms with Crippen LogP contribution in [0.5, 0.6) is 0 Å². The Morgan fingerprint density at radius 2 is 2.05 bits per heavy atom. The highest BCUT2D eigenvalue weighted by Crippen LogP contribution is 2.35. The van der Waals surface area contributed by atoms with Gasteiger partial charge in [-0.15, -0.1) is 0 Å². The molecule has 21 heavy (non-hydrogen) atoms. The smallest absolute Gasteiger partial charge is 0.0511 e. The van der Waals surface area contributed by atoms with E-state index in [2.05, 4.69) is 63.8 Å². The Balaban J connectivity index is 1.88. The normalized spacial score (nSPS) is 30.1. The van der Waals surface area contributed by atoms with Crippen molar-refractivity contribution in [2.45, 2.75) is 50.9 Å². The Morgan fingerprint density at radius 3 is 2.76 bits per heavy atom. The molecule has 0 aromatic heterocycles. The third-order valence-electron chi connectivity index (χ3n) is 5.06. The zero-order valence-corrected chi connectivity index (χ0v) is 14.6. The maximum Gasteiger partial charge on any atom is 0.0511 e. The van der Waals surface area contributed by atoms with E-state index in [0.29, 0.717) is 12.1 Å². The van der Waals surface area contributed by atoms with Crippen LogP contribution in [0.4, 0.5) is 0 Å². The van der Waals surface area contributed by atoms with Crippen LogP contribution in [0.2, 0.25) is 0 Å². The summed E-state index contributed by atoms with van der Waals surface area (Å²) in [5.41, 5.74) is 7.72. The molecule has 2 aliphatic heterocycles. The first-order valence-corrected chi connectivity index (χ1v) is 8.87. The Bertz CT molecular complexity index is 491. The van der Waals surface area contributed by atoms with Gasteiger partial charge in [0.05, 0.1) is 6.04 Å². The quantitative estimate of drug-likeness (QED) is 0.908. The van der Waals surface area contributed by atoms with Crippen LogP contribution < -0.4 is 5.73 Å². The number of hydrogen-bond donors (Lipinski definition) is 1. The predicted molar refractivity (Wildman–Crippen MR) is 91.3 cm³/mol. The highest BCUT2D eigenvalue weighted by molar-refractivity contribution is 9.10. The minimum Gasteiger partial charge on any atom is -0.326 e. The Labute approximate surface area is 136 Å². The van der Waals surface area contributed by atoms with Crippen molar-refractivity contribution in [1.82, 2.24) is 9.80 Å². The lowest BCUT2D eigenvalue weighted by atomic mass is 9.95. The van der Waals surface area contributed by atoms with Crippen LogP contribution in [-0.4, -0.2) is 47.6 Å². The van der Waals surface area contributed by atoms with E-state index in [-0.39, 0.29) is 6.04 Å². The zero-order chi connectivity index (χ0) is 15.0. The van der Waals surface area contributed by atoms with E-state index < -0.39 is 0 Å². The van der Waals surface area contributed by atoms with E-state index in [1.54, 1.807) is 0 Å². The van der Waals surface area contributed by atoms with E-state index in [1.807, 2.05) is 0 Å². The van der Waals surface area contributed by atoms with Crippen LogP contribution in [0.3, 0.4) is 0 Å². The third kappa shape index (κ3) is 3.04. The van der Waals surface area contributed by atoms with Gasteiger partial charge in [0.15, 0.2) is 0 Å². The number of halogens is 1. The molecule has 1 aromatic carbocycles. The summed E-state index contributed by atoms with van der Waals surface area (Å²) in [6, 6.07) is 10.2. The lowest BCUT2D eigenvalue weighted by Gasteiger charge is -2.47. The Kier molecular flexibility index (Phi) is 4.69. The summed E-state index contributed by atoms with van der Waals surface area (Å²) >= 11 is 3.72. The monoisotopic (exact) mass is 351 g/mol. The van der Waals surface area contributed by atoms with Crippen LogP contribution >= 0.6 is 15.9 Å². The first-order valence-electron chi connectivity index (χ1n) is 8.07. The third-order valence-corrected chi connectivity index (χ3v) is 5.79. The molecule has 3 nitrogen and oxygen atoms in total. The zero-order valence-electron chi connectivity index (χ0n) is 13.0. The Morgan fingerprint density at radius 1 is 1.29 bits per heavy atom. The summed E-state index contributed by atoms with van der Waals surface area (Å²) in [5, 5.41) is 0. The second-order valence-electron chi connectivity index (χ2n) is 6.66. The maximum atomic E-state index is 6.39. The first-order chi connectivity index (χ1) is 10.1. The molecule has 2 heterocycles. The molecule has 4 unspecified atom stereocenters. The predicted octanol–water partition coefficient (Wildman–Crippen LogP) is 3.01. The van der Waals surface area contributed by atoms with Crippen molar-refractivity contribution in [1.29, 1.82) is 0 Å². The van der Waals surface area contributed by atoms with Crippen LogP contribution in [0.15, 0.2) is 28.7 Å². The number of nitrogens with zero attached hydrogens (tertiary/aromatic N) is 2. The van der Waals surface area contributed by atoms with Crippen molar-refractivity contribution in [2.24, 2.45) is 5.73 Å². The van der Waals surface area contributed by atoms with Gasteiger partial charge < -0.3 is 5.73 Å². The molecule has 0 saturated carbocycles. The van der Waals surface area contributed by atoms with Crippen molar-refractivity contribution in [3.63, 3.8) is 0 Å². The molecule has 4 atom stereocenters. The van der Waals surface area contributed by atoms with E-state index in [0.717, 1.165) is 12.6 Å². The standard InChI is InChI=1S/C17H26BrN3/c1-12-10-20-9-5-6-14(20)11-21(12)17(13(2)19)15-7-3-4-8-16(15)18/h3-4,7-8,12-14,17H,5-6,9-11,19H2,1-2H3. The van der Waals surface area contributed by atoms with E-state index in [4.69, 9.17) is 5.73 Å². The summed E-state index contributed by atoms with van der Waals surface area (Å²) in [4.78, 5) is 5.30. The van der Waals surface area contributed by atoms with Crippen molar-refractivity contribution < 1.29 is 0 Å². The average molecular weight is 352 g/mol. The summed E-state index contributed by atoms with van der Waals surface area (Å²) in [5.74, 6) is 0. The highest BCUT2D eigenvalue weighted by atomic mass is 79.9. The minimum absolute atomic E-state index is 0.124. The number of nitrogens with two attached hydrogens (primary N) is 1. The van der Waals surface area contributed by atoms with Gasteiger partial charge >= 0.3 is 0 Å². The van der Waals surface area contributed by atoms with Gasteiger partial charge in [-0.05, 0) is 44.9 Å². The molecule has 2 aliphatic rings. The molecule has 0 amide bonds. The van der Waals surface area contributed by atoms with Gasteiger partial charge in [0.2, 0.25) is 0 Å². The molecule has 0 spiro atoms. The number of rotatable bonds is 3. The summed E-state index contributed by atoms with van der Waals surface area (Å²) in [7, 11) is 0. The van der Waals surface area contributed by atoms with Gasteiger partial charge in [-0.25, -0.2) is 0 Å². The van der Waals surface area contributed by atoms with E-state index >= 15 is 0 Å². The fourth-order valence-corrected chi connectivity index (χ4v) is 4.60. The van der Waals surface area contributed by atoms with Gasteiger partial charge in [0.1, 0.15) is 0 Å². The largest absolute Gasteiger partial charge is 0.326 e. The molecule has 116 valence electrons. The second-order valence-corrected chi connectivity index (χ2v) is 7.52. The molecule has 4 heteroatoms. The molecule has 2 N–H and O–H groups in total. The molecule has 0 aliphatic carbocycles. The maximum absolute atomic E-state index is 6.39. The molecular formula is C17H26BrN3. The topological polar surface area (TPSA) is 32.5 Å².